The lowest BCUT2D eigenvalue weighted by Crippen LogP contribution is -2.37. The highest BCUT2D eigenvalue weighted by Gasteiger charge is 2.33. The number of hydrogen-bond acceptors (Lipinski definition) is 6. The van der Waals surface area contributed by atoms with Gasteiger partial charge >= 0.3 is 0 Å². The van der Waals surface area contributed by atoms with E-state index in [0.717, 1.165) is 29.2 Å². The second kappa shape index (κ2) is 6.00. The molecule has 7 nitrogen and oxygen atoms in total. The summed E-state index contributed by atoms with van der Waals surface area (Å²) in [5, 5.41) is 7.89. The molecule has 7 heteroatoms. The van der Waals surface area contributed by atoms with Gasteiger partial charge < -0.3 is 14.8 Å². The Kier molecular flexibility index (Phi) is 3.80. The third-order valence-electron chi connectivity index (χ3n) is 4.30. The van der Waals surface area contributed by atoms with E-state index in [9.17, 15) is 0 Å². The summed E-state index contributed by atoms with van der Waals surface area (Å²) in [5.74, 6) is 2.31. The number of benzene rings is 1. The summed E-state index contributed by atoms with van der Waals surface area (Å²) in [6.45, 7) is 4.63. The minimum atomic E-state index is -0.254. The monoisotopic (exact) mass is 339 g/mol. The van der Waals surface area contributed by atoms with Crippen LogP contribution < -0.4 is 10.1 Å². The Balaban J connectivity index is 1.75. The minimum absolute atomic E-state index is 0.102. The van der Waals surface area contributed by atoms with Crippen LogP contribution in [0.2, 0.25) is 0 Å². The highest BCUT2D eigenvalue weighted by atomic mass is 16.5. The van der Waals surface area contributed by atoms with Gasteiger partial charge in [-0.3, -0.25) is 0 Å². The number of aromatic nitrogens is 4. The van der Waals surface area contributed by atoms with Crippen molar-refractivity contribution in [2.24, 2.45) is 0 Å². The maximum absolute atomic E-state index is 6.11. The lowest BCUT2D eigenvalue weighted by Gasteiger charge is -2.38. The Morgan fingerprint density at radius 1 is 1.36 bits per heavy atom. The molecule has 1 atom stereocenters. The van der Waals surface area contributed by atoms with E-state index in [2.05, 4.69) is 40.3 Å². The van der Waals surface area contributed by atoms with E-state index in [1.807, 2.05) is 24.3 Å². The van der Waals surface area contributed by atoms with Crippen LogP contribution in [0.4, 0.5) is 5.82 Å². The van der Waals surface area contributed by atoms with Gasteiger partial charge in [-0.1, -0.05) is 18.2 Å². The van der Waals surface area contributed by atoms with E-state index >= 15 is 0 Å². The summed E-state index contributed by atoms with van der Waals surface area (Å²) in [6.07, 6.45) is 2.34. The first kappa shape index (κ1) is 15.8. The summed E-state index contributed by atoms with van der Waals surface area (Å²) in [7, 11) is 1.65. The summed E-state index contributed by atoms with van der Waals surface area (Å²) in [6, 6.07) is 10.2. The number of fused-ring (bicyclic) bond motifs is 2. The summed E-state index contributed by atoms with van der Waals surface area (Å²) < 4.78 is 13.0. The number of ether oxygens (including phenoxy) is 2. The molecule has 1 aliphatic heterocycles. The Bertz CT molecular complexity index is 905. The second-order valence-electron chi connectivity index (χ2n) is 6.84. The molecule has 130 valence electrons. The Hall–Kier alpha value is -2.67. The molecule has 4 rings (SSSR count). The van der Waals surface area contributed by atoms with Gasteiger partial charge in [0, 0.05) is 25.2 Å². The van der Waals surface area contributed by atoms with Crippen molar-refractivity contribution in [1.82, 2.24) is 19.6 Å². The van der Waals surface area contributed by atoms with Gasteiger partial charge in [0.05, 0.1) is 18.3 Å². The highest BCUT2D eigenvalue weighted by Crippen LogP contribution is 2.40. The summed E-state index contributed by atoms with van der Waals surface area (Å²) in [5.41, 5.74) is 1.70. The number of rotatable bonds is 4. The fourth-order valence-corrected chi connectivity index (χ4v) is 3.30. The van der Waals surface area contributed by atoms with Crippen molar-refractivity contribution in [3.05, 3.63) is 47.9 Å². The van der Waals surface area contributed by atoms with Gasteiger partial charge in [0.1, 0.15) is 23.5 Å². The lowest BCUT2D eigenvalue weighted by molar-refractivity contribution is 0.0758. The largest absolute Gasteiger partial charge is 0.487 e. The smallest absolute Gasteiger partial charge is 0.254 e. The number of methoxy groups -OCH3 is 1. The van der Waals surface area contributed by atoms with Crippen molar-refractivity contribution in [3.8, 4) is 5.75 Å². The predicted molar refractivity (Wildman–Crippen MR) is 93.6 cm³/mol. The van der Waals surface area contributed by atoms with Crippen LogP contribution >= 0.6 is 0 Å². The van der Waals surface area contributed by atoms with Gasteiger partial charge in [-0.05, 0) is 19.9 Å². The summed E-state index contributed by atoms with van der Waals surface area (Å²) >= 11 is 0. The highest BCUT2D eigenvalue weighted by molar-refractivity contribution is 5.49. The second-order valence-corrected chi connectivity index (χ2v) is 6.84. The normalized spacial score (nSPS) is 18.6. The Labute approximate surface area is 146 Å². The molecule has 0 bridgehead atoms. The van der Waals surface area contributed by atoms with Crippen molar-refractivity contribution in [3.63, 3.8) is 0 Å². The third-order valence-corrected chi connectivity index (χ3v) is 4.30. The first-order chi connectivity index (χ1) is 12.1. The quantitative estimate of drug-likeness (QED) is 0.788. The van der Waals surface area contributed by atoms with Crippen molar-refractivity contribution >= 4 is 11.6 Å². The third kappa shape index (κ3) is 3.02. The fourth-order valence-electron chi connectivity index (χ4n) is 3.30. The first-order valence-corrected chi connectivity index (χ1v) is 8.29. The molecule has 1 N–H and O–H groups in total. The maximum Gasteiger partial charge on any atom is 0.254 e. The summed E-state index contributed by atoms with van der Waals surface area (Å²) in [4.78, 5) is 8.66. The van der Waals surface area contributed by atoms with Crippen LogP contribution in [0, 0.1) is 0 Å². The Morgan fingerprint density at radius 3 is 3.04 bits per heavy atom. The molecule has 0 radical (unpaired) electrons. The molecule has 25 heavy (non-hydrogen) atoms. The SMILES string of the molecule is COCc1cc(NC2CC(C)(C)Oc3ccccc32)n2ncnc2n1. The average Bonchev–Trinajstić information content (AvgIpc) is 3.03. The number of nitrogens with one attached hydrogen (secondary N) is 1. The van der Waals surface area contributed by atoms with Crippen LogP contribution in [0.3, 0.4) is 0 Å². The molecule has 0 spiro atoms. The van der Waals surface area contributed by atoms with Crippen molar-refractivity contribution in [1.29, 1.82) is 0 Å². The molecule has 0 aliphatic carbocycles. The van der Waals surface area contributed by atoms with Gasteiger partial charge in [-0.25, -0.2) is 4.98 Å². The average molecular weight is 339 g/mol. The van der Waals surface area contributed by atoms with Crippen molar-refractivity contribution < 1.29 is 9.47 Å². The van der Waals surface area contributed by atoms with E-state index in [1.165, 1.54) is 6.33 Å². The minimum Gasteiger partial charge on any atom is -0.487 e. The van der Waals surface area contributed by atoms with Gasteiger partial charge in [0.2, 0.25) is 0 Å². The molecule has 0 fully saturated rings. The number of hydrogen-bond donors (Lipinski definition) is 1. The first-order valence-electron chi connectivity index (χ1n) is 8.29. The molecule has 1 unspecified atom stereocenters. The predicted octanol–water partition coefficient (Wildman–Crippen LogP) is 2.99. The van der Waals surface area contributed by atoms with E-state index < -0.39 is 0 Å². The molecule has 2 aromatic heterocycles. The molecule has 3 heterocycles. The molecule has 0 saturated carbocycles. The van der Waals surface area contributed by atoms with E-state index in [0.29, 0.717) is 12.4 Å². The Morgan fingerprint density at radius 2 is 2.20 bits per heavy atom. The number of anilines is 1. The number of para-hydroxylation sites is 1. The van der Waals surface area contributed by atoms with Crippen molar-refractivity contribution in [2.45, 2.75) is 38.5 Å². The van der Waals surface area contributed by atoms with E-state index in [1.54, 1.807) is 11.6 Å². The zero-order valence-electron chi connectivity index (χ0n) is 14.6. The van der Waals surface area contributed by atoms with Crippen LogP contribution in [-0.4, -0.2) is 32.3 Å². The van der Waals surface area contributed by atoms with Gasteiger partial charge in [-0.15, -0.1) is 0 Å². The van der Waals surface area contributed by atoms with Crippen LogP contribution in [0.5, 0.6) is 5.75 Å². The molecule has 1 aliphatic rings. The fraction of sp³-hybridized carbons (Fsp3) is 0.389. The molecule has 3 aromatic rings. The van der Waals surface area contributed by atoms with Crippen LogP contribution in [0.15, 0.2) is 36.7 Å². The van der Waals surface area contributed by atoms with Crippen molar-refractivity contribution in [2.75, 3.05) is 12.4 Å². The zero-order valence-corrected chi connectivity index (χ0v) is 14.6. The molecule has 0 saturated heterocycles. The van der Waals surface area contributed by atoms with Crippen LogP contribution in [0.25, 0.3) is 5.78 Å². The maximum atomic E-state index is 6.11. The van der Waals surface area contributed by atoms with Crippen LogP contribution in [-0.2, 0) is 11.3 Å². The lowest BCUT2D eigenvalue weighted by atomic mass is 9.90. The topological polar surface area (TPSA) is 73.6 Å². The van der Waals surface area contributed by atoms with Gasteiger partial charge in [-0.2, -0.15) is 14.6 Å². The standard InChI is InChI=1S/C18H21N5O2/c1-18(2)9-14(13-6-4-5-7-15(13)25-18)22-16-8-12(10-24-3)21-17-19-11-20-23(16)17/h4-8,11,14,22H,9-10H2,1-3H3. The zero-order chi connectivity index (χ0) is 17.4. The molecular weight excluding hydrogens is 318 g/mol. The van der Waals surface area contributed by atoms with Gasteiger partial charge in [0.15, 0.2) is 0 Å². The van der Waals surface area contributed by atoms with Crippen LogP contribution in [0.1, 0.15) is 37.6 Å². The van der Waals surface area contributed by atoms with E-state index in [4.69, 9.17) is 9.47 Å². The number of nitrogens with zero attached hydrogens (tertiary/aromatic N) is 4. The molecule has 1 aromatic carbocycles. The van der Waals surface area contributed by atoms with Gasteiger partial charge in [0.25, 0.3) is 5.78 Å². The van der Waals surface area contributed by atoms with E-state index in [-0.39, 0.29) is 11.6 Å². The molecular formula is C18H21N5O2. The molecule has 0 amide bonds.